The summed E-state index contributed by atoms with van der Waals surface area (Å²) in [6.45, 7) is 6.98. The van der Waals surface area contributed by atoms with Crippen molar-refractivity contribution in [3.8, 4) is 11.3 Å². The van der Waals surface area contributed by atoms with Gasteiger partial charge in [-0.3, -0.25) is 4.79 Å². The van der Waals surface area contributed by atoms with Gasteiger partial charge in [-0.15, -0.1) is 11.3 Å². The van der Waals surface area contributed by atoms with Gasteiger partial charge in [0, 0.05) is 72.5 Å². The van der Waals surface area contributed by atoms with E-state index in [1.807, 2.05) is 6.92 Å². The number of anilines is 2. The van der Waals surface area contributed by atoms with Gasteiger partial charge in [0.1, 0.15) is 4.88 Å². The highest BCUT2D eigenvalue weighted by atomic mass is 32.1. The van der Waals surface area contributed by atoms with Crippen LogP contribution in [0.5, 0.6) is 0 Å². The maximum absolute atomic E-state index is 12.8. The van der Waals surface area contributed by atoms with Gasteiger partial charge in [0.05, 0.1) is 16.9 Å². The lowest BCUT2D eigenvalue weighted by atomic mass is 10.1. The zero-order chi connectivity index (χ0) is 22.5. The second-order valence-electron chi connectivity index (χ2n) is 9.02. The molecule has 1 amide bonds. The number of rotatable bonds is 2. The van der Waals surface area contributed by atoms with E-state index in [4.69, 9.17) is 4.98 Å². The topological polar surface area (TPSA) is 60.5 Å². The number of hydrogen-bond donors (Lipinski definition) is 2. The fourth-order valence-corrected chi connectivity index (χ4v) is 6.24. The van der Waals surface area contributed by atoms with E-state index >= 15 is 0 Å². The molecule has 2 aromatic heterocycles. The number of fused-ring (bicyclic) bond motifs is 5. The lowest BCUT2D eigenvalue weighted by Gasteiger charge is -2.29. The molecule has 168 valence electrons. The van der Waals surface area contributed by atoms with Gasteiger partial charge in [0.25, 0.3) is 5.91 Å². The Balaban J connectivity index is 1.41. The van der Waals surface area contributed by atoms with Crippen molar-refractivity contribution in [3.63, 3.8) is 0 Å². The largest absolute Gasteiger partial charge is 0.371 e. The van der Waals surface area contributed by atoms with E-state index < -0.39 is 0 Å². The Labute approximate surface area is 197 Å². The SMILES string of the molecule is C[C@@H]1CN(C)c2c(sc3ccc4nc(-c5ccc(N6CCNCC6)cc5)ccc4c23)C(=O)N1. The number of nitrogens with one attached hydrogen (secondary N) is 2. The van der Waals surface area contributed by atoms with Crippen LogP contribution in [0.2, 0.25) is 0 Å². The molecule has 0 unspecified atom stereocenters. The summed E-state index contributed by atoms with van der Waals surface area (Å²) in [6.07, 6.45) is 0. The first kappa shape index (κ1) is 20.4. The molecule has 1 atom stereocenters. The lowest BCUT2D eigenvalue weighted by molar-refractivity contribution is 0.0949. The second kappa shape index (κ2) is 8.01. The Morgan fingerprint density at radius 1 is 1.03 bits per heavy atom. The fraction of sp³-hybridized carbons (Fsp3) is 0.308. The van der Waals surface area contributed by atoms with E-state index in [0.717, 1.165) is 75.5 Å². The average Bonchev–Trinajstić information content (AvgIpc) is 3.20. The molecule has 0 saturated carbocycles. The molecule has 0 aliphatic carbocycles. The Kier molecular flexibility index (Phi) is 4.96. The van der Waals surface area contributed by atoms with Crippen LogP contribution in [0.25, 0.3) is 32.2 Å². The molecule has 4 heterocycles. The van der Waals surface area contributed by atoms with E-state index in [0.29, 0.717) is 0 Å². The minimum Gasteiger partial charge on any atom is -0.371 e. The van der Waals surface area contributed by atoms with Gasteiger partial charge < -0.3 is 20.4 Å². The van der Waals surface area contributed by atoms with Gasteiger partial charge in [0.15, 0.2) is 0 Å². The number of pyridine rings is 1. The van der Waals surface area contributed by atoms with Crippen LogP contribution in [-0.2, 0) is 0 Å². The molecular formula is C26H27N5OS. The zero-order valence-corrected chi connectivity index (χ0v) is 19.7. The lowest BCUT2D eigenvalue weighted by Crippen LogP contribution is -2.43. The van der Waals surface area contributed by atoms with E-state index in [9.17, 15) is 4.79 Å². The number of nitrogens with zero attached hydrogens (tertiary/aromatic N) is 3. The first-order chi connectivity index (χ1) is 16.1. The number of benzene rings is 2. The summed E-state index contributed by atoms with van der Waals surface area (Å²) in [5.41, 5.74) is 5.33. The second-order valence-corrected chi connectivity index (χ2v) is 10.1. The number of aromatic nitrogens is 1. The number of thiophene rings is 1. The number of carbonyl (C=O) groups excluding carboxylic acids is 1. The molecule has 0 radical (unpaired) electrons. The summed E-state index contributed by atoms with van der Waals surface area (Å²) < 4.78 is 1.12. The summed E-state index contributed by atoms with van der Waals surface area (Å²) in [4.78, 5) is 23.2. The summed E-state index contributed by atoms with van der Waals surface area (Å²) in [6, 6.07) is 17.3. The van der Waals surface area contributed by atoms with Crippen molar-refractivity contribution in [1.82, 2.24) is 15.6 Å². The number of carbonyl (C=O) groups is 1. The van der Waals surface area contributed by atoms with E-state index in [1.54, 1.807) is 11.3 Å². The van der Waals surface area contributed by atoms with Crippen molar-refractivity contribution in [1.29, 1.82) is 0 Å². The number of amides is 1. The van der Waals surface area contributed by atoms with Crippen LogP contribution in [0, 0.1) is 0 Å². The van der Waals surface area contributed by atoms with Crippen LogP contribution >= 0.6 is 11.3 Å². The highest BCUT2D eigenvalue weighted by Crippen LogP contribution is 2.43. The van der Waals surface area contributed by atoms with Crippen molar-refractivity contribution < 1.29 is 4.79 Å². The molecule has 7 heteroatoms. The predicted octanol–water partition coefficient (Wildman–Crippen LogP) is 4.09. The Morgan fingerprint density at radius 3 is 2.61 bits per heavy atom. The molecular weight excluding hydrogens is 430 g/mol. The van der Waals surface area contributed by atoms with Crippen molar-refractivity contribution in [2.45, 2.75) is 13.0 Å². The first-order valence-electron chi connectivity index (χ1n) is 11.5. The van der Waals surface area contributed by atoms with Crippen molar-refractivity contribution >= 4 is 49.6 Å². The monoisotopic (exact) mass is 457 g/mol. The third-order valence-electron chi connectivity index (χ3n) is 6.66. The maximum Gasteiger partial charge on any atom is 0.263 e. The molecule has 6 nitrogen and oxygen atoms in total. The molecule has 6 rings (SSSR count). The molecule has 2 aliphatic heterocycles. The molecule has 0 spiro atoms. The van der Waals surface area contributed by atoms with Gasteiger partial charge in [-0.2, -0.15) is 0 Å². The van der Waals surface area contributed by atoms with Crippen LogP contribution < -0.4 is 20.4 Å². The number of hydrogen-bond acceptors (Lipinski definition) is 6. The zero-order valence-electron chi connectivity index (χ0n) is 18.9. The normalized spacial score (nSPS) is 19.0. The molecule has 4 aromatic rings. The third-order valence-corrected chi connectivity index (χ3v) is 7.80. The van der Waals surface area contributed by atoms with E-state index in [-0.39, 0.29) is 11.9 Å². The summed E-state index contributed by atoms with van der Waals surface area (Å²) in [5.74, 6) is 0.0188. The Morgan fingerprint density at radius 2 is 1.82 bits per heavy atom. The van der Waals surface area contributed by atoms with Crippen LogP contribution in [0.3, 0.4) is 0 Å². The highest BCUT2D eigenvalue weighted by molar-refractivity contribution is 7.21. The molecule has 0 bridgehead atoms. The van der Waals surface area contributed by atoms with E-state index in [2.05, 4.69) is 76.0 Å². The van der Waals surface area contributed by atoms with Gasteiger partial charge in [0.2, 0.25) is 0 Å². The van der Waals surface area contributed by atoms with Crippen molar-refractivity contribution in [2.75, 3.05) is 49.6 Å². The van der Waals surface area contributed by atoms with Gasteiger partial charge in [-0.1, -0.05) is 12.1 Å². The van der Waals surface area contributed by atoms with Crippen LogP contribution in [0.4, 0.5) is 11.4 Å². The minimum atomic E-state index is 0.0188. The number of piperazine rings is 1. The minimum absolute atomic E-state index is 0.0188. The Hall–Kier alpha value is -3.16. The van der Waals surface area contributed by atoms with Crippen LogP contribution in [0.1, 0.15) is 16.6 Å². The smallest absolute Gasteiger partial charge is 0.263 e. The third kappa shape index (κ3) is 3.52. The molecule has 1 fully saturated rings. The van der Waals surface area contributed by atoms with Gasteiger partial charge in [-0.25, -0.2) is 4.98 Å². The predicted molar refractivity (Wildman–Crippen MR) is 138 cm³/mol. The summed E-state index contributed by atoms with van der Waals surface area (Å²) >= 11 is 1.57. The molecule has 33 heavy (non-hydrogen) atoms. The molecule has 2 N–H and O–H groups in total. The van der Waals surface area contributed by atoms with Crippen LogP contribution in [-0.4, -0.2) is 56.7 Å². The van der Waals surface area contributed by atoms with Crippen molar-refractivity contribution in [3.05, 3.63) is 53.4 Å². The van der Waals surface area contributed by atoms with Gasteiger partial charge in [-0.05, 0) is 43.3 Å². The van der Waals surface area contributed by atoms with Gasteiger partial charge >= 0.3 is 0 Å². The Bertz CT molecular complexity index is 1360. The maximum atomic E-state index is 12.8. The fourth-order valence-electron chi connectivity index (χ4n) is 5.07. The quantitative estimate of drug-likeness (QED) is 0.475. The highest BCUT2D eigenvalue weighted by Gasteiger charge is 2.28. The molecule has 2 aromatic carbocycles. The van der Waals surface area contributed by atoms with Crippen LogP contribution in [0.15, 0.2) is 48.5 Å². The average molecular weight is 458 g/mol. The summed E-state index contributed by atoms with van der Waals surface area (Å²) in [5, 5.41) is 8.74. The standard InChI is InChI=1S/C26H27N5OS/c1-16-15-30(2)24-23-19-7-8-20(17-3-5-18(6-4-17)31-13-11-27-12-14-31)29-21(19)9-10-22(23)33-25(24)26(32)28-16/h3-10,16,27H,11-15H2,1-2H3,(H,28,32)/t16-/m1/s1. The molecule has 1 saturated heterocycles. The number of likely N-dealkylation sites (N-methyl/N-ethyl adjacent to an activating group) is 1. The summed E-state index contributed by atoms with van der Waals surface area (Å²) in [7, 11) is 2.07. The molecule has 2 aliphatic rings. The van der Waals surface area contributed by atoms with Crippen molar-refractivity contribution in [2.24, 2.45) is 0 Å². The first-order valence-corrected chi connectivity index (χ1v) is 12.3. The van der Waals surface area contributed by atoms with E-state index in [1.165, 1.54) is 5.69 Å².